The highest BCUT2D eigenvalue weighted by molar-refractivity contribution is 5.59. The normalized spacial score (nSPS) is 12.4. The Bertz CT molecular complexity index is 933. The van der Waals surface area contributed by atoms with Gasteiger partial charge in [-0.2, -0.15) is 18.2 Å². The standard InChI is InChI=1S/C20H20F3N5O/c1-13(12-29)27-18-16(20(21,22)23)11-26-19(28-18)25-10-14-5-7-15(8-6-14)17-4-2-3-9-24-17/h2-9,11,13,29H,10,12H2,1H3,(H2,25,26,27,28)/t13-/m1/s1. The molecule has 3 aromatic rings. The summed E-state index contributed by atoms with van der Waals surface area (Å²) in [6, 6.07) is 12.7. The Hall–Kier alpha value is -3.20. The molecule has 6 nitrogen and oxygen atoms in total. The molecule has 3 rings (SSSR count). The maximum atomic E-state index is 13.2. The van der Waals surface area contributed by atoms with Gasteiger partial charge in [0.2, 0.25) is 5.95 Å². The van der Waals surface area contributed by atoms with Gasteiger partial charge in [-0.1, -0.05) is 30.3 Å². The van der Waals surface area contributed by atoms with Gasteiger partial charge < -0.3 is 15.7 Å². The molecule has 0 aliphatic carbocycles. The molecule has 0 saturated heterocycles. The van der Waals surface area contributed by atoms with Crippen LogP contribution in [0.25, 0.3) is 11.3 Å². The van der Waals surface area contributed by atoms with Gasteiger partial charge in [0.05, 0.1) is 12.3 Å². The topological polar surface area (TPSA) is 83.0 Å². The largest absolute Gasteiger partial charge is 0.421 e. The lowest BCUT2D eigenvalue weighted by Crippen LogP contribution is -2.23. The van der Waals surface area contributed by atoms with Crippen molar-refractivity contribution in [3.63, 3.8) is 0 Å². The van der Waals surface area contributed by atoms with Crippen LogP contribution in [0.5, 0.6) is 0 Å². The van der Waals surface area contributed by atoms with E-state index >= 15 is 0 Å². The summed E-state index contributed by atoms with van der Waals surface area (Å²) < 4.78 is 39.5. The van der Waals surface area contributed by atoms with E-state index in [0.717, 1.165) is 23.0 Å². The molecule has 0 saturated carbocycles. The fourth-order valence-corrected chi connectivity index (χ4v) is 2.57. The maximum absolute atomic E-state index is 13.2. The van der Waals surface area contributed by atoms with Crippen LogP contribution >= 0.6 is 0 Å². The van der Waals surface area contributed by atoms with Gasteiger partial charge in [0.15, 0.2) is 0 Å². The number of rotatable bonds is 7. The molecule has 0 bridgehead atoms. The summed E-state index contributed by atoms with van der Waals surface area (Å²) in [7, 11) is 0. The number of benzene rings is 1. The minimum absolute atomic E-state index is 0.0550. The summed E-state index contributed by atoms with van der Waals surface area (Å²) in [5.41, 5.74) is 1.74. The molecule has 2 heterocycles. The predicted molar refractivity (Wildman–Crippen MR) is 104 cm³/mol. The van der Waals surface area contributed by atoms with Gasteiger partial charge in [0, 0.05) is 30.5 Å². The van der Waals surface area contributed by atoms with E-state index in [1.165, 1.54) is 0 Å². The molecule has 0 unspecified atom stereocenters. The number of alkyl halides is 3. The summed E-state index contributed by atoms with van der Waals surface area (Å²) in [4.78, 5) is 12.0. The Balaban J connectivity index is 1.72. The van der Waals surface area contributed by atoms with Gasteiger partial charge in [-0.25, -0.2) is 4.98 Å². The molecule has 152 valence electrons. The summed E-state index contributed by atoms with van der Waals surface area (Å²) in [5, 5.41) is 14.6. The van der Waals surface area contributed by atoms with Crippen molar-refractivity contribution in [2.45, 2.75) is 25.7 Å². The Morgan fingerprint density at radius 2 is 1.83 bits per heavy atom. The van der Waals surface area contributed by atoms with Gasteiger partial charge >= 0.3 is 6.18 Å². The van der Waals surface area contributed by atoms with Crippen LogP contribution in [-0.2, 0) is 12.7 Å². The van der Waals surface area contributed by atoms with Crippen molar-refractivity contribution in [3.05, 3.63) is 66.0 Å². The summed E-state index contributed by atoms with van der Waals surface area (Å²) in [6.45, 7) is 1.56. The molecule has 9 heteroatoms. The zero-order valence-corrected chi connectivity index (χ0v) is 15.6. The number of anilines is 2. The molecule has 0 amide bonds. The van der Waals surface area contributed by atoms with Crippen LogP contribution in [0, 0.1) is 0 Å². The molecule has 0 aliphatic rings. The fraction of sp³-hybridized carbons (Fsp3) is 0.250. The first-order valence-electron chi connectivity index (χ1n) is 8.92. The molecule has 0 fully saturated rings. The first-order valence-corrected chi connectivity index (χ1v) is 8.92. The second kappa shape index (κ2) is 8.87. The highest BCUT2D eigenvalue weighted by Gasteiger charge is 2.35. The number of halogens is 3. The third-order valence-corrected chi connectivity index (χ3v) is 4.12. The van der Waals surface area contributed by atoms with Crippen LogP contribution in [0.4, 0.5) is 24.9 Å². The van der Waals surface area contributed by atoms with Gasteiger partial charge in [0.1, 0.15) is 11.4 Å². The highest BCUT2D eigenvalue weighted by Crippen LogP contribution is 2.34. The van der Waals surface area contributed by atoms with E-state index in [1.807, 2.05) is 42.5 Å². The van der Waals surface area contributed by atoms with Crippen LogP contribution in [-0.4, -0.2) is 32.7 Å². The lowest BCUT2D eigenvalue weighted by molar-refractivity contribution is -0.137. The molecule has 2 aromatic heterocycles. The van der Waals surface area contributed by atoms with Gasteiger partial charge in [0.25, 0.3) is 0 Å². The molecule has 0 aliphatic heterocycles. The first-order chi connectivity index (χ1) is 13.9. The van der Waals surface area contributed by atoms with E-state index in [9.17, 15) is 13.2 Å². The number of pyridine rings is 1. The second-order valence-corrected chi connectivity index (χ2v) is 6.45. The van der Waals surface area contributed by atoms with Crippen molar-refractivity contribution >= 4 is 11.8 Å². The van der Waals surface area contributed by atoms with Gasteiger partial charge in [-0.3, -0.25) is 4.98 Å². The maximum Gasteiger partial charge on any atom is 0.421 e. The van der Waals surface area contributed by atoms with Crippen LogP contribution in [0.1, 0.15) is 18.1 Å². The average molecular weight is 403 g/mol. The van der Waals surface area contributed by atoms with E-state index < -0.39 is 17.8 Å². The number of hydrogen-bond donors (Lipinski definition) is 3. The minimum atomic E-state index is -4.60. The number of aliphatic hydroxyl groups excluding tert-OH is 1. The number of aromatic nitrogens is 3. The molecular weight excluding hydrogens is 383 g/mol. The number of nitrogens with one attached hydrogen (secondary N) is 2. The van der Waals surface area contributed by atoms with Crippen molar-refractivity contribution in [2.24, 2.45) is 0 Å². The molecule has 0 radical (unpaired) electrons. The van der Waals surface area contributed by atoms with Crippen molar-refractivity contribution in [1.82, 2.24) is 15.0 Å². The smallest absolute Gasteiger partial charge is 0.394 e. The van der Waals surface area contributed by atoms with Gasteiger partial charge in [-0.05, 0) is 24.6 Å². The third kappa shape index (κ3) is 5.41. The van der Waals surface area contributed by atoms with E-state index in [-0.39, 0.29) is 18.4 Å². The van der Waals surface area contributed by atoms with E-state index in [0.29, 0.717) is 6.54 Å². The van der Waals surface area contributed by atoms with Crippen LogP contribution < -0.4 is 10.6 Å². The Kier molecular flexibility index (Phi) is 6.28. The average Bonchev–Trinajstić information content (AvgIpc) is 2.72. The number of aliphatic hydroxyl groups is 1. The van der Waals surface area contributed by atoms with E-state index in [2.05, 4.69) is 25.6 Å². The SMILES string of the molecule is C[C@H](CO)Nc1nc(NCc2ccc(-c3ccccn3)cc2)ncc1C(F)(F)F. The fourth-order valence-electron chi connectivity index (χ4n) is 2.57. The van der Waals surface area contributed by atoms with Crippen molar-refractivity contribution in [1.29, 1.82) is 0 Å². The minimum Gasteiger partial charge on any atom is -0.394 e. The Morgan fingerprint density at radius 1 is 1.07 bits per heavy atom. The first kappa shape index (κ1) is 20.5. The van der Waals surface area contributed by atoms with E-state index in [4.69, 9.17) is 5.11 Å². The quantitative estimate of drug-likeness (QED) is 0.554. The van der Waals surface area contributed by atoms with Crippen molar-refractivity contribution in [3.8, 4) is 11.3 Å². The second-order valence-electron chi connectivity index (χ2n) is 6.45. The van der Waals surface area contributed by atoms with Gasteiger partial charge in [-0.15, -0.1) is 0 Å². The van der Waals surface area contributed by atoms with Crippen LogP contribution in [0.3, 0.4) is 0 Å². The number of hydrogen-bond acceptors (Lipinski definition) is 6. The molecular formula is C20H20F3N5O. The predicted octanol–water partition coefficient (Wildman–Crippen LogP) is 3.96. The van der Waals surface area contributed by atoms with Crippen molar-refractivity contribution < 1.29 is 18.3 Å². The Morgan fingerprint density at radius 3 is 2.45 bits per heavy atom. The lowest BCUT2D eigenvalue weighted by Gasteiger charge is -2.17. The molecule has 1 atom stereocenters. The zero-order valence-electron chi connectivity index (χ0n) is 15.6. The monoisotopic (exact) mass is 403 g/mol. The summed E-state index contributed by atoms with van der Waals surface area (Å²) >= 11 is 0. The number of nitrogens with zero attached hydrogens (tertiary/aromatic N) is 3. The summed E-state index contributed by atoms with van der Waals surface area (Å²) in [6.07, 6.45) is -2.15. The van der Waals surface area contributed by atoms with Crippen LogP contribution in [0.2, 0.25) is 0 Å². The van der Waals surface area contributed by atoms with Crippen molar-refractivity contribution in [2.75, 3.05) is 17.2 Å². The van der Waals surface area contributed by atoms with E-state index in [1.54, 1.807) is 13.1 Å². The Labute approximate surface area is 165 Å². The molecule has 29 heavy (non-hydrogen) atoms. The third-order valence-electron chi connectivity index (χ3n) is 4.12. The molecule has 3 N–H and O–H groups in total. The van der Waals surface area contributed by atoms with Crippen LogP contribution in [0.15, 0.2) is 54.9 Å². The highest BCUT2D eigenvalue weighted by atomic mass is 19.4. The lowest BCUT2D eigenvalue weighted by atomic mass is 10.1. The summed E-state index contributed by atoms with van der Waals surface area (Å²) in [5.74, 6) is -0.318. The molecule has 0 spiro atoms. The molecule has 1 aromatic carbocycles. The zero-order chi connectivity index (χ0) is 20.9.